The molecule has 0 saturated carbocycles. The van der Waals surface area contributed by atoms with Crippen molar-refractivity contribution < 1.29 is 4.79 Å². The van der Waals surface area contributed by atoms with E-state index in [2.05, 4.69) is 0 Å². The molecule has 0 amide bonds. The minimum Gasteiger partial charge on any atom is -0.234 e. The average Bonchev–Trinajstić information content (AvgIpc) is 2.19. The van der Waals surface area contributed by atoms with Crippen molar-refractivity contribution in [2.24, 2.45) is 0 Å². The zero-order valence-corrected chi connectivity index (χ0v) is 7.16. The monoisotopic (exact) mass is 171 g/mol. The lowest BCUT2D eigenvalue weighted by atomic mass is 10.0. The third kappa shape index (κ3) is 2.94. The molecule has 0 aliphatic carbocycles. The molecule has 2 nitrogen and oxygen atoms in total. The first kappa shape index (κ1) is 9.25. The van der Waals surface area contributed by atoms with Crippen molar-refractivity contribution in [1.82, 2.24) is 0 Å². The summed E-state index contributed by atoms with van der Waals surface area (Å²) in [5.74, 6) is 1.80. The molecule has 64 valence electrons. The third-order valence-electron chi connectivity index (χ3n) is 1.70. The molecule has 1 aromatic carbocycles. The van der Waals surface area contributed by atoms with Crippen LogP contribution in [0.25, 0.3) is 0 Å². The van der Waals surface area contributed by atoms with Crippen molar-refractivity contribution in [1.29, 1.82) is 5.26 Å². The van der Waals surface area contributed by atoms with Crippen LogP contribution < -0.4 is 0 Å². The van der Waals surface area contributed by atoms with Crippen LogP contribution in [0.4, 0.5) is 0 Å². The number of hydrogen-bond acceptors (Lipinski definition) is 2. The summed E-state index contributed by atoms with van der Waals surface area (Å²) in [6.45, 7) is 0. The van der Waals surface area contributed by atoms with Gasteiger partial charge in [0.15, 0.2) is 0 Å². The summed E-state index contributed by atoms with van der Waals surface area (Å²) in [5.41, 5.74) is 1.55. The second kappa shape index (κ2) is 4.92. The molecular formula is C11H9NO. The van der Waals surface area contributed by atoms with Gasteiger partial charge in [-0.15, -0.1) is 0 Å². The summed E-state index contributed by atoms with van der Waals surface area (Å²) in [7, 11) is 0. The lowest BCUT2D eigenvalue weighted by molar-refractivity contribution is 0.566. The Hall–Kier alpha value is -1.84. The van der Waals surface area contributed by atoms with Crippen molar-refractivity contribution in [3.05, 3.63) is 41.5 Å². The van der Waals surface area contributed by atoms with E-state index in [0.29, 0.717) is 12.0 Å². The Kier molecular flexibility index (Phi) is 3.50. The Labute approximate surface area is 77.1 Å². The maximum atomic E-state index is 10.4. The van der Waals surface area contributed by atoms with Gasteiger partial charge in [0.05, 0.1) is 12.5 Å². The average molecular weight is 171 g/mol. The second-order valence-electron chi connectivity index (χ2n) is 2.70. The molecule has 1 aromatic rings. The first-order valence-electron chi connectivity index (χ1n) is 4.00. The van der Waals surface area contributed by atoms with Gasteiger partial charge < -0.3 is 0 Å². The molecule has 2 heteroatoms. The molecule has 0 unspecified atom stereocenters. The molecule has 0 bridgehead atoms. The number of rotatable bonds is 3. The second-order valence-corrected chi connectivity index (χ2v) is 2.70. The van der Waals surface area contributed by atoms with Crippen molar-refractivity contribution in [2.75, 3.05) is 0 Å². The van der Waals surface area contributed by atoms with Crippen LogP contribution in [-0.2, 0) is 11.2 Å². The molecule has 0 spiro atoms. The van der Waals surface area contributed by atoms with Crippen molar-refractivity contribution in [2.45, 2.75) is 12.8 Å². The van der Waals surface area contributed by atoms with Gasteiger partial charge in [-0.3, -0.25) is 0 Å². The fourth-order valence-corrected chi connectivity index (χ4v) is 1.07. The van der Waals surface area contributed by atoms with Gasteiger partial charge in [0.25, 0.3) is 0 Å². The molecule has 0 aliphatic heterocycles. The van der Waals surface area contributed by atoms with Crippen molar-refractivity contribution >= 4 is 5.94 Å². The number of hydrogen-bond donors (Lipinski definition) is 0. The predicted molar refractivity (Wildman–Crippen MR) is 49.6 cm³/mol. The number of carbonyl (C=O) groups excluding carboxylic acids is 1. The smallest absolute Gasteiger partial charge is 0.124 e. The van der Waals surface area contributed by atoms with Crippen molar-refractivity contribution in [3.63, 3.8) is 0 Å². The molecule has 0 saturated heterocycles. The van der Waals surface area contributed by atoms with Gasteiger partial charge in [-0.25, -0.2) is 4.79 Å². The fourth-order valence-electron chi connectivity index (χ4n) is 1.07. The predicted octanol–water partition coefficient (Wildman–Crippen LogP) is 1.90. The molecule has 0 radical (unpaired) electrons. The van der Waals surface area contributed by atoms with E-state index >= 15 is 0 Å². The van der Waals surface area contributed by atoms with Crippen LogP contribution >= 0.6 is 0 Å². The van der Waals surface area contributed by atoms with E-state index in [4.69, 9.17) is 5.26 Å². The van der Waals surface area contributed by atoms with E-state index in [1.807, 2.05) is 36.4 Å². The fraction of sp³-hybridized carbons (Fsp3) is 0.182. The quantitative estimate of drug-likeness (QED) is 0.652. The number of benzene rings is 1. The zero-order chi connectivity index (χ0) is 9.52. The highest BCUT2D eigenvalue weighted by molar-refractivity contribution is 5.54. The summed E-state index contributed by atoms with van der Waals surface area (Å²) in [5, 5.41) is 8.40. The van der Waals surface area contributed by atoms with E-state index in [0.717, 1.165) is 5.56 Å². The highest BCUT2D eigenvalue weighted by Crippen LogP contribution is 2.07. The van der Waals surface area contributed by atoms with Gasteiger partial charge in [0, 0.05) is 12.0 Å². The number of nitrogens with zero attached hydrogens (tertiary/aromatic N) is 1. The van der Waals surface area contributed by atoms with Gasteiger partial charge in [0.1, 0.15) is 5.94 Å². The lowest BCUT2D eigenvalue weighted by Gasteiger charge is -1.97. The first-order chi connectivity index (χ1) is 6.36. The van der Waals surface area contributed by atoms with Crippen LogP contribution in [0.5, 0.6) is 0 Å². The molecule has 1 rings (SSSR count). The van der Waals surface area contributed by atoms with Crippen LogP contribution in [0.15, 0.2) is 35.9 Å². The number of nitriles is 1. The highest BCUT2D eigenvalue weighted by atomic mass is 16.1. The minimum absolute atomic E-state index is 0.165. The molecule has 0 aromatic heterocycles. The summed E-state index contributed by atoms with van der Waals surface area (Å²) < 4.78 is 0. The zero-order valence-electron chi connectivity index (χ0n) is 7.16. The van der Waals surface area contributed by atoms with Gasteiger partial charge in [-0.2, -0.15) is 5.26 Å². The van der Waals surface area contributed by atoms with Gasteiger partial charge in [0.2, 0.25) is 0 Å². The van der Waals surface area contributed by atoms with Gasteiger partial charge >= 0.3 is 0 Å². The first-order valence-corrected chi connectivity index (χ1v) is 4.00. The third-order valence-corrected chi connectivity index (χ3v) is 1.70. The molecule has 0 fully saturated rings. The van der Waals surface area contributed by atoms with E-state index in [9.17, 15) is 4.79 Å². The Bertz CT molecular complexity index is 355. The standard InChI is InChI=1S/C11H9NO/c12-7-6-11(9-13)8-10-4-2-1-3-5-10/h1-5H,6,8H2. The number of allylic oxidation sites excluding steroid dienone is 1. The molecule has 13 heavy (non-hydrogen) atoms. The Balaban J connectivity index is 2.70. The summed E-state index contributed by atoms with van der Waals surface area (Å²) in [4.78, 5) is 10.4. The van der Waals surface area contributed by atoms with Crippen LogP contribution in [-0.4, -0.2) is 5.94 Å². The van der Waals surface area contributed by atoms with E-state index in [-0.39, 0.29) is 6.42 Å². The Morgan fingerprint density at radius 1 is 1.31 bits per heavy atom. The van der Waals surface area contributed by atoms with E-state index < -0.39 is 0 Å². The maximum Gasteiger partial charge on any atom is 0.124 e. The van der Waals surface area contributed by atoms with Crippen LogP contribution in [0, 0.1) is 11.3 Å². The topological polar surface area (TPSA) is 40.9 Å². The minimum atomic E-state index is 0.165. The largest absolute Gasteiger partial charge is 0.234 e. The van der Waals surface area contributed by atoms with Crippen LogP contribution in [0.1, 0.15) is 12.0 Å². The highest BCUT2D eigenvalue weighted by Gasteiger charge is 1.99. The van der Waals surface area contributed by atoms with Gasteiger partial charge in [-0.05, 0) is 5.56 Å². The van der Waals surface area contributed by atoms with Gasteiger partial charge in [-0.1, -0.05) is 30.3 Å². The lowest BCUT2D eigenvalue weighted by Crippen LogP contribution is -1.90. The van der Waals surface area contributed by atoms with E-state index in [1.165, 1.54) is 0 Å². The molecule has 0 atom stereocenters. The SMILES string of the molecule is N#CCC(=C=O)Cc1ccccc1. The van der Waals surface area contributed by atoms with Crippen molar-refractivity contribution in [3.8, 4) is 6.07 Å². The Morgan fingerprint density at radius 3 is 2.54 bits per heavy atom. The summed E-state index contributed by atoms with van der Waals surface area (Å²) >= 11 is 0. The molecule has 0 aliphatic rings. The molecular weight excluding hydrogens is 162 g/mol. The maximum absolute atomic E-state index is 10.4. The van der Waals surface area contributed by atoms with Crippen LogP contribution in [0.3, 0.4) is 0 Å². The molecule has 0 heterocycles. The van der Waals surface area contributed by atoms with E-state index in [1.54, 1.807) is 5.94 Å². The Morgan fingerprint density at radius 2 is 2.00 bits per heavy atom. The summed E-state index contributed by atoms with van der Waals surface area (Å²) in [6.07, 6.45) is 0.691. The molecule has 0 N–H and O–H groups in total. The normalized spacial score (nSPS) is 8.54. The van der Waals surface area contributed by atoms with Crippen LogP contribution in [0.2, 0.25) is 0 Å². The summed E-state index contributed by atoms with van der Waals surface area (Å²) in [6, 6.07) is 11.5.